The molecule has 0 unspecified atom stereocenters. The number of halogens is 1. The van der Waals surface area contributed by atoms with E-state index in [0.717, 1.165) is 25.7 Å². The lowest BCUT2D eigenvalue weighted by Gasteiger charge is -2.01. The van der Waals surface area contributed by atoms with Crippen LogP contribution >= 0.6 is 0 Å². The van der Waals surface area contributed by atoms with E-state index in [-0.39, 0.29) is 0 Å². The molecule has 0 saturated heterocycles. The highest BCUT2D eigenvalue weighted by atomic mass is 28.3. The molecule has 60 valence electrons. The van der Waals surface area contributed by atoms with Crippen molar-refractivity contribution in [3.05, 3.63) is 11.3 Å². The van der Waals surface area contributed by atoms with E-state index < -0.39 is 9.85 Å². The summed E-state index contributed by atoms with van der Waals surface area (Å²) in [6.07, 6.45) is 4.51. The number of hydrogen-bond donors (Lipinski definition) is 0. The summed E-state index contributed by atoms with van der Waals surface area (Å²) in [6, 6.07) is 0. The lowest BCUT2D eigenvalue weighted by molar-refractivity contribution is 0.801. The van der Waals surface area contributed by atoms with E-state index in [4.69, 9.17) is 0 Å². The molecule has 0 spiro atoms. The van der Waals surface area contributed by atoms with Gasteiger partial charge in [-0.1, -0.05) is 38.0 Å². The van der Waals surface area contributed by atoms with Gasteiger partial charge in [-0.05, 0) is 12.8 Å². The maximum Gasteiger partial charge on any atom is 0.240 e. The maximum absolute atomic E-state index is 12.0. The molecule has 0 aliphatic heterocycles. The molecular formula is C8H17FSi. The Balaban J connectivity index is 3.60. The Morgan fingerprint density at radius 3 is 2.10 bits per heavy atom. The van der Waals surface area contributed by atoms with Gasteiger partial charge in [0.1, 0.15) is 0 Å². The van der Waals surface area contributed by atoms with Gasteiger partial charge in [-0.2, -0.15) is 0 Å². The van der Waals surface area contributed by atoms with Gasteiger partial charge in [0.05, 0.1) is 0 Å². The Morgan fingerprint density at radius 2 is 1.80 bits per heavy atom. The fourth-order valence-corrected chi connectivity index (χ4v) is 1.71. The third-order valence-electron chi connectivity index (χ3n) is 1.51. The van der Waals surface area contributed by atoms with Gasteiger partial charge < -0.3 is 4.11 Å². The van der Waals surface area contributed by atoms with Crippen LogP contribution in [0.15, 0.2) is 11.3 Å². The molecule has 0 bridgehead atoms. The Bertz CT molecular complexity index is 91.4. The van der Waals surface area contributed by atoms with Crippen LogP contribution in [0.4, 0.5) is 4.11 Å². The lowest BCUT2D eigenvalue weighted by Crippen LogP contribution is -1.85. The number of rotatable bonds is 5. The molecule has 0 aliphatic rings. The van der Waals surface area contributed by atoms with Crippen molar-refractivity contribution in [2.24, 2.45) is 0 Å². The number of hydrogen-bond acceptors (Lipinski definition) is 0. The molecule has 0 amide bonds. The van der Waals surface area contributed by atoms with E-state index in [1.165, 1.54) is 5.57 Å². The quantitative estimate of drug-likeness (QED) is 0.428. The van der Waals surface area contributed by atoms with E-state index >= 15 is 0 Å². The average molecular weight is 160 g/mol. The van der Waals surface area contributed by atoms with Gasteiger partial charge in [-0.25, -0.2) is 0 Å². The third kappa shape index (κ3) is 4.74. The van der Waals surface area contributed by atoms with Gasteiger partial charge in [-0.3, -0.25) is 0 Å². The molecule has 0 radical (unpaired) electrons. The van der Waals surface area contributed by atoms with Gasteiger partial charge in [-0.15, -0.1) is 0 Å². The van der Waals surface area contributed by atoms with Crippen LogP contribution in [-0.2, 0) is 0 Å². The zero-order valence-corrected chi connectivity index (χ0v) is 8.41. The van der Waals surface area contributed by atoms with E-state index in [9.17, 15) is 4.11 Å². The third-order valence-corrected chi connectivity index (χ3v) is 2.24. The summed E-state index contributed by atoms with van der Waals surface area (Å²) in [7, 11) is -1.34. The fraction of sp³-hybridized carbons (Fsp3) is 0.750. The molecule has 0 N–H and O–H groups in total. The van der Waals surface area contributed by atoms with Crippen LogP contribution in [-0.4, -0.2) is 9.85 Å². The average Bonchev–Trinajstić information content (AvgIpc) is 1.90. The van der Waals surface area contributed by atoms with Gasteiger partial charge in [0.25, 0.3) is 0 Å². The predicted octanol–water partition coefficient (Wildman–Crippen LogP) is 2.52. The molecule has 0 nitrogen and oxygen atoms in total. The molecule has 0 aromatic heterocycles. The summed E-state index contributed by atoms with van der Waals surface area (Å²) in [6.45, 7) is 4.28. The van der Waals surface area contributed by atoms with Crippen molar-refractivity contribution in [3.63, 3.8) is 0 Å². The Hall–Kier alpha value is -0.113. The molecule has 0 atom stereocenters. The molecule has 0 aliphatic carbocycles. The van der Waals surface area contributed by atoms with Crippen molar-refractivity contribution in [3.8, 4) is 0 Å². The molecule has 0 fully saturated rings. The second-order valence-corrected chi connectivity index (χ2v) is 3.23. The first-order valence-electron chi connectivity index (χ1n) is 4.09. The van der Waals surface area contributed by atoms with Crippen molar-refractivity contribution < 1.29 is 4.11 Å². The van der Waals surface area contributed by atoms with Crippen LogP contribution in [0.2, 0.25) is 0 Å². The summed E-state index contributed by atoms with van der Waals surface area (Å²) in [5.74, 6) is 0. The minimum Gasteiger partial charge on any atom is -0.317 e. The largest absolute Gasteiger partial charge is 0.317 e. The zero-order valence-electron chi connectivity index (χ0n) is 6.99. The Labute approximate surface area is 65.5 Å². The molecule has 0 aromatic rings. The highest BCUT2D eigenvalue weighted by Gasteiger charge is 1.93. The normalized spacial score (nSPS) is 10.7. The van der Waals surface area contributed by atoms with Crippen molar-refractivity contribution in [1.82, 2.24) is 0 Å². The monoisotopic (exact) mass is 160 g/mol. The van der Waals surface area contributed by atoms with Gasteiger partial charge in [0, 0.05) is 0 Å². The first-order valence-corrected chi connectivity index (χ1v) is 5.44. The van der Waals surface area contributed by atoms with Crippen LogP contribution in [0.1, 0.15) is 39.5 Å². The highest BCUT2D eigenvalue weighted by Crippen LogP contribution is 2.10. The maximum atomic E-state index is 12.0. The second-order valence-electron chi connectivity index (χ2n) is 2.52. The summed E-state index contributed by atoms with van der Waals surface area (Å²) in [4.78, 5) is 0. The molecular weight excluding hydrogens is 143 g/mol. The van der Waals surface area contributed by atoms with E-state index in [1.54, 1.807) is 0 Å². The first kappa shape index (κ1) is 9.89. The van der Waals surface area contributed by atoms with E-state index in [1.807, 2.05) is 5.70 Å². The molecule has 0 rings (SSSR count). The Morgan fingerprint density at radius 1 is 1.30 bits per heavy atom. The highest BCUT2D eigenvalue weighted by molar-refractivity contribution is 6.33. The summed E-state index contributed by atoms with van der Waals surface area (Å²) >= 11 is 0. The van der Waals surface area contributed by atoms with Gasteiger partial charge in [0.15, 0.2) is 0 Å². The molecule has 0 saturated carbocycles. The van der Waals surface area contributed by atoms with Crippen LogP contribution in [0.3, 0.4) is 0 Å². The minimum atomic E-state index is -1.34. The summed E-state index contributed by atoms with van der Waals surface area (Å²) in [5, 5.41) is 0. The van der Waals surface area contributed by atoms with Crippen LogP contribution in [0, 0.1) is 0 Å². The SMILES string of the molecule is CCCC(=C[SiH2]F)CCC. The van der Waals surface area contributed by atoms with Crippen molar-refractivity contribution in [2.75, 3.05) is 0 Å². The van der Waals surface area contributed by atoms with Gasteiger partial charge >= 0.3 is 0 Å². The lowest BCUT2D eigenvalue weighted by atomic mass is 10.1. The first-order chi connectivity index (χ1) is 4.85. The second kappa shape index (κ2) is 7.00. The topological polar surface area (TPSA) is 0 Å². The zero-order chi connectivity index (χ0) is 7.82. The van der Waals surface area contributed by atoms with Crippen LogP contribution in [0.25, 0.3) is 0 Å². The minimum absolute atomic E-state index is 1.10. The summed E-state index contributed by atoms with van der Waals surface area (Å²) < 4.78 is 12.0. The van der Waals surface area contributed by atoms with Crippen molar-refractivity contribution in [2.45, 2.75) is 39.5 Å². The van der Waals surface area contributed by atoms with Crippen LogP contribution < -0.4 is 0 Å². The standard InChI is InChI=1S/C8H17FSi/c1-3-5-8(6-4-2)7-10-9/h7H,3-6,10H2,1-2H3. The summed E-state index contributed by atoms with van der Waals surface area (Å²) in [5.41, 5.74) is 3.20. The van der Waals surface area contributed by atoms with Crippen molar-refractivity contribution in [1.29, 1.82) is 0 Å². The molecule has 0 aromatic carbocycles. The van der Waals surface area contributed by atoms with E-state index in [0.29, 0.717) is 0 Å². The molecule has 2 heteroatoms. The van der Waals surface area contributed by atoms with Gasteiger partial charge in [0.2, 0.25) is 9.85 Å². The van der Waals surface area contributed by atoms with E-state index in [2.05, 4.69) is 13.8 Å². The molecule has 0 heterocycles. The van der Waals surface area contributed by atoms with Crippen LogP contribution in [0.5, 0.6) is 0 Å². The fourth-order valence-electron chi connectivity index (χ4n) is 1.08. The van der Waals surface area contributed by atoms with Crippen molar-refractivity contribution >= 4 is 9.85 Å². The Kier molecular flexibility index (Phi) is 6.92. The molecule has 10 heavy (non-hydrogen) atoms. The predicted molar refractivity (Wildman–Crippen MR) is 47.6 cm³/mol. The smallest absolute Gasteiger partial charge is 0.240 e. The number of allylic oxidation sites excluding steroid dienone is 1.